The van der Waals surface area contributed by atoms with Crippen LogP contribution >= 0.6 is 15.9 Å². The number of nitrogens with zero attached hydrogens (tertiary/aromatic N) is 2. The van der Waals surface area contributed by atoms with Gasteiger partial charge in [-0.05, 0) is 31.9 Å². The first-order chi connectivity index (χ1) is 11.2. The Labute approximate surface area is 151 Å². The van der Waals surface area contributed by atoms with Crippen molar-refractivity contribution in [3.63, 3.8) is 0 Å². The van der Waals surface area contributed by atoms with Crippen LogP contribution in [0.5, 0.6) is 0 Å². The van der Waals surface area contributed by atoms with Gasteiger partial charge in [0.25, 0.3) is 0 Å². The molecule has 0 amide bonds. The maximum atomic E-state index is 8.49. The molecule has 0 unspecified atom stereocenters. The van der Waals surface area contributed by atoms with Gasteiger partial charge in [0.1, 0.15) is 11.2 Å². The second-order valence-corrected chi connectivity index (χ2v) is 7.63. The second kappa shape index (κ2) is 8.03. The van der Waals surface area contributed by atoms with E-state index in [2.05, 4.69) is 52.5 Å². The first-order valence-corrected chi connectivity index (χ1v) is 9.79. The number of hydrogen-bond donors (Lipinski definition) is 0. The van der Waals surface area contributed by atoms with Crippen LogP contribution in [0.4, 0.5) is 0 Å². The third kappa shape index (κ3) is 5.34. The molecule has 1 aromatic carbocycles. The molecule has 2 aromatic rings. The van der Waals surface area contributed by atoms with Crippen LogP contribution in [-0.4, -0.2) is 4.98 Å². The van der Waals surface area contributed by atoms with Gasteiger partial charge in [0, 0.05) is 30.3 Å². The van der Waals surface area contributed by atoms with Gasteiger partial charge in [-0.25, -0.2) is 23.6 Å². The second-order valence-electron chi connectivity index (χ2n) is 5.96. The normalized spacial score (nSPS) is 16.0. The van der Waals surface area contributed by atoms with Gasteiger partial charge in [0.15, 0.2) is 11.7 Å². The van der Waals surface area contributed by atoms with Crippen LogP contribution in [0, 0.1) is 24.1 Å². The van der Waals surface area contributed by atoms with Crippen molar-refractivity contribution in [3.8, 4) is 0 Å². The zero-order valence-electron chi connectivity index (χ0n) is 13.6. The van der Waals surface area contributed by atoms with Gasteiger partial charge < -0.3 is 0 Å². The largest absolute Gasteiger partial charge is 0.240 e. The molecular formula is C16H20BrClN2O4. The molecule has 0 atom stereocenters. The molecule has 1 aromatic heterocycles. The number of hydrogen-bond acceptors (Lipinski definition) is 5. The fourth-order valence-electron chi connectivity index (χ4n) is 3.22. The Morgan fingerprint density at radius 2 is 1.67 bits per heavy atom. The molecule has 132 valence electrons. The van der Waals surface area contributed by atoms with E-state index in [1.807, 2.05) is 0 Å². The van der Waals surface area contributed by atoms with Crippen LogP contribution in [0.2, 0.25) is 0 Å². The Balaban J connectivity index is 0.000000368. The fraction of sp³-hybridized carbons (Fsp3) is 0.500. The average molecular weight is 420 g/mol. The third-order valence-electron chi connectivity index (χ3n) is 4.31. The first kappa shape index (κ1) is 19.5. The van der Waals surface area contributed by atoms with Crippen LogP contribution in [0.3, 0.4) is 0 Å². The van der Waals surface area contributed by atoms with Crippen molar-refractivity contribution in [1.29, 1.82) is 0 Å². The summed E-state index contributed by atoms with van der Waals surface area (Å²) in [6.07, 6.45) is 6.72. The van der Waals surface area contributed by atoms with Crippen LogP contribution in [0.1, 0.15) is 49.5 Å². The van der Waals surface area contributed by atoms with Gasteiger partial charge in [0.05, 0.1) is 0 Å². The van der Waals surface area contributed by atoms with E-state index in [-0.39, 0.29) is 0 Å². The van der Waals surface area contributed by atoms with E-state index in [0.29, 0.717) is 6.04 Å². The summed E-state index contributed by atoms with van der Waals surface area (Å²) in [5, 5.41) is 0. The summed E-state index contributed by atoms with van der Waals surface area (Å²) < 4.78 is 37.6. The fourth-order valence-corrected chi connectivity index (χ4v) is 3.57. The number of benzene rings is 1. The van der Waals surface area contributed by atoms with Crippen molar-refractivity contribution in [2.24, 2.45) is 0 Å². The van der Waals surface area contributed by atoms with E-state index in [1.54, 1.807) is 0 Å². The molecule has 1 saturated carbocycles. The third-order valence-corrected chi connectivity index (χ3v) is 4.80. The molecule has 0 N–H and O–H groups in total. The first-order valence-electron chi connectivity index (χ1n) is 7.76. The Hall–Kier alpha value is -0.830. The quantitative estimate of drug-likeness (QED) is 0.587. The summed E-state index contributed by atoms with van der Waals surface area (Å²) in [4.78, 5) is 4.74. The van der Waals surface area contributed by atoms with Crippen molar-refractivity contribution in [1.82, 2.24) is 4.98 Å². The molecule has 0 aliphatic heterocycles. The Bertz CT molecular complexity index is 709. The lowest BCUT2D eigenvalue weighted by molar-refractivity contribution is -2.00. The lowest BCUT2D eigenvalue weighted by Crippen LogP contribution is -2.68. The summed E-state index contributed by atoms with van der Waals surface area (Å²) in [7, 11) is -4.94. The predicted octanol–water partition coefficient (Wildman–Crippen LogP) is -0.349. The highest BCUT2D eigenvalue weighted by molar-refractivity contribution is 9.10. The van der Waals surface area contributed by atoms with Gasteiger partial charge in [-0.3, -0.25) is 0 Å². The topological polar surface area (TPSA) is 109 Å². The summed E-state index contributed by atoms with van der Waals surface area (Å²) in [6, 6.07) is 7.10. The molecule has 0 bridgehead atoms. The summed E-state index contributed by atoms with van der Waals surface area (Å²) in [5.41, 5.74) is 4.85. The molecule has 0 saturated heterocycles. The zero-order chi connectivity index (χ0) is 17.9. The molecule has 8 heteroatoms. The average Bonchev–Trinajstić information content (AvgIpc) is 2.48. The van der Waals surface area contributed by atoms with Crippen LogP contribution in [0.25, 0.3) is 11.0 Å². The Kier molecular flexibility index (Phi) is 6.52. The van der Waals surface area contributed by atoms with Crippen molar-refractivity contribution < 1.29 is 33.4 Å². The summed E-state index contributed by atoms with van der Waals surface area (Å²) >= 11 is 3.55. The van der Waals surface area contributed by atoms with E-state index < -0.39 is 10.2 Å². The molecule has 0 spiro atoms. The Morgan fingerprint density at radius 3 is 2.25 bits per heavy atom. The molecule has 6 nitrogen and oxygen atoms in total. The standard InChI is InChI=1S/C16H20BrN2.ClHO4/c1-11-12(2)19(14-6-4-3-5-7-14)16-9-8-13(17)10-15(16)18-11;2-1(3,4)5/h8-10,14H,3-7H2,1-2H3;(H,2,3,4,5)/q+1;/p-1. The lowest BCUT2D eigenvalue weighted by Gasteiger charge is -2.20. The van der Waals surface area contributed by atoms with Crippen LogP contribution in [-0.2, 0) is 0 Å². The maximum Gasteiger partial charge on any atom is 0.231 e. The summed E-state index contributed by atoms with van der Waals surface area (Å²) in [5.74, 6) is 0. The minimum absolute atomic E-state index is 0.652. The maximum absolute atomic E-state index is 8.49. The highest BCUT2D eigenvalue weighted by Crippen LogP contribution is 2.27. The predicted molar refractivity (Wildman–Crippen MR) is 81.2 cm³/mol. The van der Waals surface area contributed by atoms with Gasteiger partial charge in [0.2, 0.25) is 5.52 Å². The van der Waals surface area contributed by atoms with E-state index >= 15 is 0 Å². The number of halogens is 2. The van der Waals surface area contributed by atoms with Crippen LogP contribution < -0.4 is 23.2 Å². The number of fused-ring (bicyclic) bond motifs is 1. The minimum atomic E-state index is -4.94. The molecule has 1 aliphatic carbocycles. The van der Waals surface area contributed by atoms with Crippen molar-refractivity contribution in [2.75, 3.05) is 0 Å². The molecule has 24 heavy (non-hydrogen) atoms. The molecule has 3 rings (SSSR count). The number of aryl methyl sites for hydroxylation is 1. The lowest BCUT2D eigenvalue weighted by atomic mass is 9.94. The monoisotopic (exact) mass is 418 g/mol. The number of aromatic nitrogens is 2. The SMILES string of the molecule is Cc1nc2cc(Br)ccc2[n+](C2CCCCC2)c1C.[O-][Cl+3]([O-])([O-])[O-]. The highest BCUT2D eigenvalue weighted by atomic mass is 79.9. The van der Waals surface area contributed by atoms with E-state index in [1.165, 1.54) is 43.3 Å². The van der Waals surface area contributed by atoms with Crippen molar-refractivity contribution >= 4 is 27.0 Å². The van der Waals surface area contributed by atoms with Gasteiger partial charge in [-0.1, -0.05) is 22.4 Å². The number of rotatable bonds is 1. The van der Waals surface area contributed by atoms with E-state index in [9.17, 15) is 0 Å². The van der Waals surface area contributed by atoms with Gasteiger partial charge in [-0.15, -0.1) is 10.2 Å². The molecule has 1 heterocycles. The summed E-state index contributed by atoms with van der Waals surface area (Å²) in [6.45, 7) is 4.33. The minimum Gasteiger partial charge on any atom is -0.240 e. The molecule has 0 radical (unpaired) electrons. The molecular weight excluding hydrogens is 400 g/mol. The van der Waals surface area contributed by atoms with Crippen molar-refractivity contribution in [2.45, 2.75) is 52.0 Å². The zero-order valence-corrected chi connectivity index (χ0v) is 16.0. The molecule has 1 fully saturated rings. The van der Waals surface area contributed by atoms with E-state index in [4.69, 9.17) is 23.6 Å². The highest BCUT2D eigenvalue weighted by Gasteiger charge is 2.27. The molecule has 1 aliphatic rings. The van der Waals surface area contributed by atoms with Gasteiger partial charge >= 0.3 is 0 Å². The smallest absolute Gasteiger partial charge is 0.231 e. The van der Waals surface area contributed by atoms with Crippen LogP contribution in [0.15, 0.2) is 22.7 Å². The van der Waals surface area contributed by atoms with Crippen molar-refractivity contribution in [3.05, 3.63) is 34.1 Å². The Morgan fingerprint density at radius 1 is 1.08 bits per heavy atom. The van der Waals surface area contributed by atoms with Gasteiger partial charge in [-0.2, -0.15) is 4.57 Å². The van der Waals surface area contributed by atoms with E-state index in [0.717, 1.165) is 15.7 Å².